The fourth-order valence-electron chi connectivity index (χ4n) is 2.00. The first kappa shape index (κ1) is 15.2. The lowest BCUT2D eigenvalue weighted by Gasteiger charge is -2.19. The number of aliphatic hydroxyl groups is 1. The Hall–Kier alpha value is -0.850. The predicted octanol–water partition coefficient (Wildman–Crippen LogP) is 1.67. The third-order valence-electron chi connectivity index (χ3n) is 2.77. The minimum Gasteiger partial charge on any atom is -0.465 e. The molecule has 0 saturated carbocycles. The maximum absolute atomic E-state index is 12.4. The van der Waals surface area contributed by atoms with Gasteiger partial charge in [-0.15, -0.1) is 0 Å². The molecular formula is C12H21NO4S. The number of furan rings is 1. The van der Waals surface area contributed by atoms with Crippen LogP contribution in [0.1, 0.15) is 30.9 Å². The van der Waals surface area contributed by atoms with E-state index in [4.69, 9.17) is 4.42 Å². The Kier molecular flexibility index (Phi) is 4.58. The SMILES string of the molecule is Cc1oc(C)c(S(=O)(=O)N(C)CC(C)C)c1CO. The van der Waals surface area contributed by atoms with Crippen LogP contribution in [0.5, 0.6) is 0 Å². The number of aliphatic hydroxyl groups excluding tert-OH is 1. The van der Waals surface area contributed by atoms with E-state index in [1.807, 2.05) is 13.8 Å². The maximum Gasteiger partial charge on any atom is 0.246 e. The summed E-state index contributed by atoms with van der Waals surface area (Å²) in [6.07, 6.45) is 0. The number of nitrogens with zero attached hydrogens (tertiary/aromatic N) is 1. The Bertz CT molecular complexity index is 516. The minimum absolute atomic E-state index is 0.102. The van der Waals surface area contributed by atoms with Gasteiger partial charge in [-0.2, -0.15) is 0 Å². The Morgan fingerprint density at radius 3 is 2.28 bits per heavy atom. The second-order valence-corrected chi connectivity index (χ2v) is 6.84. The summed E-state index contributed by atoms with van der Waals surface area (Å²) < 4.78 is 31.5. The zero-order chi connectivity index (χ0) is 14.1. The van der Waals surface area contributed by atoms with E-state index < -0.39 is 10.0 Å². The summed E-state index contributed by atoms with van der Waals surface area (Å²) in [5, 5.41) is 9.30. The van der Waals surface area contributed by atoms with E-state index in [0.29, 0.717) is 23.6 Å². The second-order valence-electron chi connectivity index (χ2n) is 4.86. The summed E-state index contributed by atoms with van der Waals surface area (Å²) in [5.41, 5.74) is 0.350. The molecule has 0 radical (unpaired) electrons. The summed E-state index contributed by atoms with van der Waals surface area (Å²) in [6, 6.07) is 0. The molecule has 1 rings (SSSR count). The van der Waals surface area contributed by atoms with Crippen LogP contribution >= 0.6 is 0 Å². The molecule has 1 heterocycles. The number of hydrogen-bond donors (Lipinski definition) is 1. The normalized spacial score (nSPS) is 12.7. The number of hydrogen-bond acceptors (Lipinski definition) is 4. The van der Waals surface area contributed by atoms with E-state index >= 15 is 0 Å². The van der Waals surface area contributed by atoms with Crippen LogP contribution in [-0.4, -0.2) is 31.4 Å². The molecular weight excluding hydrogens is 254 g/mol. The van der Waals surface area contributed by atoms with Crippen LogP contribution in [0.25, 0.3) is 0 Å². The average molecular weight is 275 g/mol. The van der Waals surface area contributed by atoms with Gasteiger partial charge in [0, 0.05) is 19.2 Å². The zero-order valence-electron chi connectivity index (χ0n) is 11.5. The first-order chi connectivity index (χ1) is 8.21. The third-order valence-corrected chi connectivity index (χ3v) is 4.79. The summed E-state index contributed by atoms with van der Waals surface area (Å²) >= 11 is 0. The highest BCUT2D eigenvalue weighted by atomic mass is 32.2. The van der Waals surface area contributed by atoms with Gasteiger partial charge in [-0.05, 0) is 19.8 Å². The monoisotopic (exact) mass is 275 g/mol. The van der Waals surface area contributed by atoms with Gasteiger partial charge in [0.15, 0.2) is 0 Å². The van der Waals surface area contributed by atoms with Crippen LogP contribution in [0.4, 0.5) is 0 Å². The quantitative estimate of drug-likeness (QED) is 0.887. The molecule has 0 aliphatic heterocycles. The van der Waals surface area contributed by atoms with Crippen LogP contribution in [0.2, 0.25) is 0 Å². The second kappa shape index (κ2) is 5.42. The molecule has 6 heteroatoms. The molecule has 0 saturated heterocycles. The van der Waals surface area contributed by atoms with Crippen molar-refractivity contribution in [2.75, 3.05) is 13.6 Å². The first-order valence-corrected chi connectivity index (χ1v) is 7.31. The highest BCUT2D eigenvalue weighted by Crippen LogP contribution is 2.28. The molecule has 5 nitrogen and oxygen atoms in total. The van der Waals surface area contributed by atoms with Crippen molar-refractivity contribution in [1.29, 1.82) is 0 Å². The van der Waals surface area contributed by atoms with Gasteiger partial charge in [0.2, 0.25) is 10.0 Å². The lowest BCUT2D eigenvalue weighted by Crippen LogP contribution is -2.31. The van der Waals surface area contributed by atoms with Gasteiger partial charge < -0.3 is 9.52 Å². The summed E-state index contributed by atoms with van der Waals surface area (Å²) in [4.78, 5) is 0.102. The molecule has 0 atom stereocenters. The van der Waals surface area contributed by atoms with Crippen LogP contribution < -0.4 is 0 Å². The minimum atomic E-state index is -3.61. The van der Waals surface area contributed by atoms with Gasteiger partial charge in [0.05, 0.1) is 6.61 Å². The lowest BCUT2D eigenvalue weighted by molar-refractivity contribution is 0.276. The highest BCUT2D eigenvalue weighted by molar-refractivity contribution is 7.89. The van der Waals surface area contributed by atoms with Gasteiger partial charge in [-0.3, -0.25) is 0 Å². The fourth-order valence-corrected chi connectivity index (χ4v) is 3.73. The molecule has 1 aromatic rings. The van der Waals surface area contributed by atoms with Crippen molar-refractivity contribution in [2.45, 2.75) is 39.2 Å². The van der Waals surface area contributed by atoms with Crippen molar-refractivity contribution in [3.8, 4) is 0 Å². The molecule has 18 heavy (non-hydrogen) atoms. The van der Waals surface area contributed by atoms with E-state index in [9.17, 15) is 13.5 Å². The summed E-state index contributed by atoms with van der Waals surface area (Å²) in [7, 11) is -2.07. The van der Waals surface area contributed by atoms with Crippen molar-refractivity contribution in [3.05, 3.63) is 17.1 Å². The van der Waals surface area contributed by atoms with E-state index in [-0.39, 0.29) is 17.4 Å². The summed E-state index contributed by atoms with van der Waals surface area (Å²) in [5.74, 6) is 1.01. The van der Waals surface area contributed by atoms with E-state index in [1.165, 1.54) is 11.4 Å². The maximum atomic E-state index is 12.4. The van der Waals surface area contributed by atoms with E-state index in [2.05, 4.69) is 0 Å². The smallest absolute Gasteiger partial charge is 0.246 e. The highest BCUT2D eigenvalue weighted by Gasteiger charge is 2.30. The molecule has 0 spiro atoms. The topological polar surface area (TPSA) is 70.8 Å². The van der Waals surface area contributed by atoms with Crippen molar-refractivity contribution in [1.82, 2.24) is 4.31 Å². The lowest BCUT2D eigenvalue weighted by atomic mass is 10.2. The molecule has 0 bridgehead atoms. The number of aryl methyl sites for hydroxylation is 2. The first-order valence-electron chi connectivity index (χ1n) is 5.87. The van der Waals surface area contributed by atoms with Gasteiger partial charge in [0.25, 0.3) is 0 Å². The molecule has 1 N–H and O–H groups in total. The predicted molar refractivity (Wildman–Crippen MR) is 68.8 cm³/mol. The third kappa shape index (κ3) is 2.76. The van der Waals surface area contributed by atoms with Crippen LogP contribution in [-0.2, 0) is 16.6 Å². The largest absolute Gasteiger partial charge is 0.465 e. The molecule has 0 aliphatic rings. The Labute approximate surface area is 108 Å². The molecule has 0 unspecified atom stereocenters. The van der Waals surface area contributed by atoms with Gasteiger partial charge in [-0.1, -0.05) is 13.8 Å². The molecule has 0 aliphatic carbocycles. The van der Waals surface area contributed by atoms with Crippen molar-refractivity contribution >= 4 is 10.0 Å². The molecule has 0 fully saturated rings. The molecule has 104 valence electrons. The van der Waals surface area contributed by atoms with E-state index in [1.54, 1.807) is 13.8 Å². The van der Waals surface area contributed by atoms with Gasteiger partial charge in [0.1, 0.15) is 16.4 Å². The van der Waals surface area contributed by atoms with Crippen molar-refractivity contribution in [2.24, 2.45) is 5.92 Å². The van der Waals surface area contributed by atoms with Gasteiger partial charge >= 0.3 is 0 Å². The van der Waals surface area contributed by atoms with Crippen LogP contribution in [0.3, 0.4) is 0 Å². The fraction of sp³-hybridized carbons (Fsp3) is 0.667. The average Bonchev–Trinajstić information content (AvgIpc) is 2.52. The van der Waals surface area contributed by atoms with Crippen molar-refractivity contribution in [3.63, 3.8) is 0 Å². The molecule has 0 aromatic carbocycles. The van der Waals surface area contributed by atoms with Crippen LogP contribution in [0.15, 0.2) is 9.31 Å². The number of sulfonamides is 1. The Morgan fingerprint density at radius 1 is 1.28 bits per heavy atom. The zero-order valence-corrected chi connectivity index (χ0v) is 12.3. The summed E-state index contributed by atoms with van der Waals surface area (Å²) in [6.45, 7) is 7.24. The number of rotatable bonds is 5. The van der Waals surface area contributed by atoms with Crippen LogP contribution in [0, 0.1) is 19.8 Å². The van der Waals surface area contributed by atoms with Gasteiger partial charge in [-0.25, -0.2) is 12.7 Å². The van der Waals surface area contributed by atoms with Crippen molar-refractivity contribution < 1.29 is 17.9 Å². The Balaban J connectivity index is 3.28. The standard InChI is InChI=1S/C12H21NO4S/c1-8(2)6-13(5)18(15,16)12-10(4)17-9(3)11(12)7-14/h8,14H,6-7H2,1-5H3. The van der Waals surface area contributed by atoms with E-state index in [0.717, 1.165) is 0 Å². The molecule has 0 amide bonds. The molecule has 1 aromatic heterocycles. The Morgan fingerprint density at radius 2 is 1.83 bits per heavy atom.